The minimum absolute atomic E-state index is 0.338. The van der Waals surface area contributed by atoms with Crippen LogP contribution in [0.15, 0.2) is 23.8 Å². The van der Waals surface area contributed by atoms with Crippen LogP contribution in [0, 0.1) is 0 Å². The third-order valence-corrected chi connectivity index (χ3v) is 4.28. The molecule has 0 fully saturated rings. The van der Waals surface area contributed by atoms with Crippen molar-refractivity contribution in [1.29, 1.82) is 0 Å². The standard InChI is InChI=1S/C10H11ClN2S2/c1-7(9-2-3-10(11)15-9)13-5-8-4-12-6-14-8/h2-4,6-7,13H,5H2,1H3. The molecule has 2 nitrogen and oxygen atoms in total. The van der Waals surface area contributed by atoms with E-state index in [4.69, 9.17) is 11.6 Å². The van der Waals surface area contributed by atoms with E-state index in [1.165, 1.54) is 9.75 Å². The maximum absolute atomic E-state index is 5.89. The molecule has 80 valence electrons. The van der Waals surface area contributed by atoms with Crippen LogP contribution < -0.4 is 5.32 Å². The van der Waals surface area contributed by atoms with Gasteiger partial charge < -0.3 is 5.32 Å². The molecule has 0 radical (unpaired) electrons. The summed E-state index contributed by atoms with van der Waals surface area (Å²) in [5, 5.41) is 3.44. The SMILES string of the molecule is CC(NCc1cncs1)c1ccc(Cl)s1. The fourth-order valence-electron chi connectivity index (χ4n) is 1.24. The number of thiazole rings is 1. The van der Waals surface area contributed by atoms with Crippen molar-refractivity contribution in [3.63, 3.8) is 0 Å². The topological polar surface area (TPSA) is 24.9 Å². The molecule has 0 aliphatic carbocycles. The molecule has 1 N–H and O–H groups in total. The van der Waals surface area contributed by atoms with Crippen LogP contribution >= 0.6 is 34.3 Å². The minimum atomic E-state index is 0.338. The molecule has 0 saturated heterocycles. The van der Waals surface area contributed by atoms with Gasteiger partial charge >= 0.3 is 0 Å². The number of hydrogen-bond donors (Lipinski definition) is 1. The summed E-state index contributed by atoms with van der Waals surface area (Å²) in [5.74, 6) is 0. The highest BCUT2D eigenvalue weighted by atomic mass is 35.5. The van der Waals surface area contributed by atoms with Crippen molar-refractivity contribution in [1.82, 2.24) is 10.3 Å². The van der Waals surface area contributed by atoms with Gasteiger partial charge in [0.15, 0.2) is 0 Å². The normalized spacial score (nSPS) is 12.9. The van der Waals surface area contributed by atoms with Crippen LogP contribution in [0.5, 0.6) is 0 Å². The lowest BCUT2D eigenvalue weighted by atomic mass is 10.3. The van der Waals surface area contributed by atoms with Gasteiger partial charge in [0.1, 0.15) is 0 Å². The second-order valence-electron chi connectivity index (χ2n) is 3.21. The Bertz CT molecular complexity index is 411. The molecule has 0 bridgehead atoms. The van der Waals surface area contributed by atoms with Gasteiger partial charge in [-0.1, -0.05) is 11.6 Å². The first-order valence-corrected chi connectivity index (χ1v) is 6.69. The quantitative estimate of drug-likeness (QED) is 0.904. The van der Waals surface area contributed by atoms with E-state index in [-0.39, 0.29) is 0 Å². The maximum atomic E-state index is 5.89. The van der Waals surface area contributed by atoms with Crippen LogP contribution in [0.4, 0.5) is 0 Å². The van der Waals surface area contributed by atoms with Gasteiger partial charge in [-0.3, -0.25) is 4.98 Å². The van der Waals surface area contributed by atoms with Crippen molar-refractivity contribution in [2.24, 2.45) is 0 Å². The third-order valence-electron chi connectivity index (χ3n) is 2.09. The second-order valence-corrected chi connectivity index (χ2v) is 5.93. The molecule has 5 heteroatoms. The first-order valence-electron chi connectivity index (χ1n) is 4.61. The van der Waals surface area contributed by atoms with Gasteiger partial charge in [0.25, 0.3) is 0 Å². The zero-order chi connectivity index (χ0) is 10.7. The van der Waals surface area contributed by atoms with Crippen LogP contribution in [0.3, 0.4) is 0 Å². The second kappa shape index (κ2) is 5.07. The zero-order valence-electron chi connectivity index (χ0n) is 8.24. The molecule has 2 aromatic heterocycles. The Hall–Kier alpha value is -0.420. The fraction of sp³-hybridized carbons (Fsp3) is 0.300. The van der Waals surface area contributed by atoms with Crippen LogP contribution in [0.1, 0.15) is 22.7 Å². The van der Waals surface area contributed by atoms with Gasteiger partial charge in [-0.05, 0) is 19.1 Å². The Morgan fingerprint density at radius 1 is 1.53 bits per heavy atom. The summed E-state index contributed by atoms with van der Waals surface area (Å²) in [6, 6.07) is 4.34. The molecule has 0 saturated carbocycles. The first kappa shape index (κ1) is 11.1. The number of rotatable bonds is 4. The highest BCUT2D eigenvalue weighted by Gasteiger charge is 2.07. The number of aromatic nitrogens is 1. The zero-order valence-corrected chi connectivity index (χ0v) is 10.6. The van der Waals surface area contributed by atoms with Crippen molar-refractivity contribution >= 4 is 34.3 Å². The molecule has 0 aliphatic rings. The Labute approximate surface area is 102 Å². The van der Waals surface area contributed by atoms with Gasteiger partial charge in [-0.15, -0.1) is 22.7 Å². The van der Waals surface area contributed by atoms with E-state index >= 15 is 0 Å². The lowest BCUT2D eigenvalue weighted by Gasteiger charge is -2.10. The Kier molecular flexibility index (Phi) is 3.75. The van der Waals surface area contributed by atoms with E-state index in [2.05, 4.69) is 23.3 Å². The molecule has 1 unspecified atom stereocenters. The summed E-state index contributed by atoms with van der Waals surface area (Å²) in [7, 11) is 0. The number of nitrogens with zero attached hydrogens (tertiary/aromatic N) is 1. The number of nitrogens with one attached hydrogen (secondary N) is 1. The summed E-state index contributed by atoms with van der Waals surface area (Å²) in [6.07, 6.45) is 1.89. The number of thiophene rings is 1. The molecule has 0 aliphatic heterocycles. The van der Waals surface area contributed by atoms with Crippen LogP contribution in [-0.2, 0) is 6.54 Å². The van der Waals surface area contributed by atoms with Gasteiger partial charge in [-0.2, -0.15) is 0 Å². The Morgan fingerprint density at radius 3 is 3.00 bits per heavy atom. The summed E-state index contributed by atoms with van der Waals surface area (Å²) in [4.78, 5) is 6.56. The Balaban J connectivity index is 1.90. The lowest BCUT2D eigenvalue weighted by Crippen LogP contribution is -2.16. The van der Waals surface area contributed by atoms with Crippen molar-refractivity contribution in [3.05, 3.63) is 37.9 Å². The molecule has 2 aromatic rings. The lowest BCUT2D eigenvalue weighted by molar-refractivity contribution is 0.587. The van der Waals surface area contributed by atoms with Crippen LogP contribution in [0.25, 0.3) is 0 Å². The molecule has 0 amide bonds. The number of halogens is 1. The molecule has 0 aromatic carbocycles. The number of hydrogen-bond acceptors (Lipinski definition) is 4. The average molecular weight is 259 g/mol. The molecular weight excluding hydrogens is 248 g/mol. The van der Waals surface area contributed by atoms with Gasteiger partial charge in [0.05, 0.1) is 9.85 Å². The highest BCUT2D eigenvalue weighted by molar-refractivity contribution is 7.16. The van der Waals surface area contributed by atoms with Crippen LogP contribution in [-0.4, -0.2) is 4.98 Å². The molecule has 1 atom stereocenters. The molecular formula is C10H11ClN2S2. The monoisotopic (exact) mass is 258 g/mol. The van der Waals surface area contributed by atoms with Gasteiger partial charge in [0, 0.05) is 28.5 Å². The predicted octanol–water partition coefficient (Wildman–Crippen LogP) is 3.71. The summed E-state index contributed by atoms with van der Waals surface area (Å²) in [5.41, 5.74) is 1.85. The van der Waals surface area contributed by atoms with E-state index in [1.54, 1.807) is 22.7 Å². The molecule has 2 heterocycles. The first-order chi connectivity index (χ1) is 7.25. The fourth-order valence-corrected chi connectivity index (χ4v) is 2.88. The van der Waals surface area contributed by atoms with E-state index in [0.29, 0.717) is 6.04 Å². The minimum Gasteiger partial charge on any atom is -0.304 e. The Morgan fingerprint density at radius 2 is 2.40 bits per heavy atom. The maximum Gasteiger partial charge on any atom is 0.0931 e. The van der Waals surface area contributed by atoms with Gasteiger partial charge in [0.2, 0.25) is 0 Å². The third kappa shape index (κ3) is 3.01. The van der Waals surface area contributed by atoms with Gasteiger partial charge in [-0.25, -0.2) is 0 Å². The molecule has 15 heavy (non-hydrogen) atoms. The average Bonchev–Trinajstić information content (AvgIpc) is 2.84. The smallest absolute Gasteiger partial charge is 0.0931 e. The van der Waals surface area contributed by atoms with Crippen molar-refractivity contribution in [3.8, 4) is 0 Å². The predicted molar refractivity (Wildman–Crippen MR) is 66.7 cm³/mol. The van der Waals surface area contributed by atoms with Crippen molar-refractivity contribution < 1.29 is 0 Å². The van der Waals surface area contributed by atoms with E-state index in [0.717, 1.165) is 10.9 Å². The van der Waals surface area contributed by atoms with E-state index in [1.807, 2.05) is 17.8 Å². The molecule has 2 rings (SSSR count). The summed E-state index contributed by atoms with van der Waals surface area (Å²) < 4.78 is 0.844. The van der Waals surface area contributed by atoms with E-state index < -0.39 is 0 Å². The summed E-state index contributed by atoms with van der Waals surface area (Å²) >= 11 is 9.18. The molecule has 0 spiro atoms. The van der Waals surface area contributed by atoms with E-state index in [9.17, 15) is 0 Å². The van der Waals surface area contributed by atoms with Crippen molar-refractivity contribution in [2.45, 2.75) is 19.5 Å². The van der Waals surface area contributed by atoms with Crippen molar-refractivity contribution in [2.75, 3.05) is 0 Å². The largest absolute Gasteiger partial charge is 0.304 e. The summed E-state index contributed by atoms with van der Waals surface area (Å²) in [6.45, 7) is 3.00. The van der Waals surface area contributed by atoms with Crippen LogP contribution in [0.2, 0.25) is 4.34 Å². The highest BCUT2D eigenvalue weighted by Crippen LogP contribution is 2.26.